The van der Waals surface area contributed by atoms with E-state index in [2.05, 4.69) is 15.3 Å². The minimum atomic E-state index is 0.0250. The van der Waals surface area contributed by atoms with E-state index in [9.17, 15) is 4.79 Å². The van der Waals surface area contributed by atoms with Crippen LogP contribution in [0.3, 0.4) is 0 Å². The van der Waals surface area contributed by atoms with Gasteiger partial charge >= 0.3 is 0 Å². The van der Waals surface area contributed by atoms with Gasteiger partial charge in [0.05, 0.1) is 18.7 Å². The van der Waals surface area contributed by atoms with Gasteiger partial charge in [0.1, 0.15) is 5.82 Å². The monoisotopic (exact) mass is 269 g/mol. The maximum atomic E-state index is 11.4. The third kappa shape index (κ3) is 2.40. The van der Waals surface area contributed by atoms with E-state index in [4.69, 9.17) is 5.11 Å². The second-order valence-electron chi connectivity index (χ2n) is 4.88. The molecule has 0 unspecified atom stereocenters. The smallest absolute Gasteiger partial charge is 0.228 e. The fourth-order valence-electron chi connectivity index (χ4n) is 2.38. The molecule has 3 rings (SSSR count). The summed E-state index contributed by atoms with van der Waals surface area (Å²) in [4.78, 5) is 20.1. The maximum Gasteiger partial charge on any atom is 0.228 e. The van der Waals surface area contributed by atoms with E-state index in [1.54, 1.807) is 0 Å². The highest BCUT2D eigenvalue weighted by Gasteiger charge is 2.18. The first kappa shape index (κ1) is 12.7. The van der Waals surface area contributed by atoms with Crippen LogP contribution in [0.4, 0.5) is 5.69 Å². The maximum absolute atomic E-state index is 11.4. The first-order chi connectivity index (χ1) is 9.65. The van der Waals surface area contributed by atoms with Gasteiger partial charge < -0.3 is 10.4 Å². The molecule has 0 spiro atoms. The number of aryl methyl sites for hydroxylation is 1. The van der Waals surface area contributed by atoms with Crippen LogP contribution in [0.5, 0.6) is 0 Å². The molecule has 102 valence electrons. The zero-order valence-corrected chi connectivity index (χ0v) is 11.2. The van der Waals surface area contributed by atoms with Crippen molar-refractivity contribution in [2.75, 3.05) is 11.9 Å². The fourth-order valence-corrected chi connectivity index (χ4v) is 2.38. The summed E-state index contributed by atoms with van der Waals surface area (Å²) < 4.78 is 0. The summed E-state index contributed by atoms with van der Waals surface area (Å²) in [6.07, 6.45) is 0.858. The van der Waals surface area contributed by atoms with E-state index in [1.807, 2.05) is 31.2 Å². The van der Waals surface area contributed by atoms with E-state index in [-0.39, 0.29) is 12.5 Å². The van der Waals surface area contributed by atoms with Crippen molar-refractivity contribution < 1.29 is 9.90 Å². The van der Waals surface area contributed by atoms with Crippen molar-refractivity contribution in [1.29, 1.82) is 0 Å². The Bertz CT molecular complexity index is 683. The van der Waals surface area contributed by atoms with Gasteiger partial charge in [-0.05, 0) is 30.7 Å². The number of hydrogen-bond acceptors (Lipinski definition) is 4. The first-order valence-electron chi connectivity index (χ1n) is 6.54. The molecular weight excluding hydrogens is 254 g/mol. The third-order valence-electron chi connectivity index (χ3n) is 3.26. The predicted molar refractivity (Wildman–Crippen MR) is 75.3 cm³/mol. The van der Waals surface area contributed by atoms with Gasteiger partial charge in [0.2, 0.25) is 5.91 Å². The highest BCUT2D eigenvalue weighted by molar-refractivity contribution is 5.99. The minimum absolute atomic E-state index is 0.0250. The second kappa shape index (κ2) is 5.02. The molecule has 5 heteroatoms. The van der Waals surface area contributed by atoms with Gasteiger partial charge in [-0.2, -0.15) is 0 Å². The van der Waals surface area contributed by atoms with Crippen molar-refractivity contribution in [1.82, 2.24) is 9.97 Å². The van der Waals surface area contributed by atoms with Crippen molar-refractivity contribution in [3.05, 3.63) is 41.3 Å². The van der Waals surface area contributed by atoms with Crippen molar-refractivity contribution in [3.63, 3.8) is 0 Å². The number of aliphatic hydroxyl groups is 1. The van der Waals surface area contributed by atoms with Crippen molar-refractivity contribution in [3.8, 4) is 11.3 Å². The molecule has 1 aromatic heterocycles. The Balaban J connectivity index is 2.01. The molecule has 1 aliphatic heterocycles. The SMILES string of the molecule is Cc1cc(-c2ccc3c(c2)CC(=O)N3)nc(CCO)n1. The quantitative estimate of drug-likeness (QED) is 0.885. The topological polar surface area (TPSA) is 75.1 Å². The lowest BCUT2D eigenvalue weighted by atomic mass is 10.1. The Morgan fingerprint density at radius 3 is 2.95 bits per heavy atom. The Morgan fingerprint density at radius 2 is 2.15 bits per heavy atom. The summed E-state index contributed by atoms with van der Waals surface area (Å²) in [6.45, 7) is 1.94. The molecule has 1 amide bonds. The highest BCUT2D eigenvalue weighted by atomic mass is 16.3. The lowest BCUT2D eigenvalue weighted by Gasteiger charge is -2.07. The Labute approximate surface area is 116 Å². The molecule has 5 nitrogen and oxygen atoms in total. The summed E-state index contributed by atoms with van der Waals surface area (Å²) >= 11 is 0. The summed E-state index contributed by atoms with van der Waals surface area (Å²) in [5, 5.41) is 11.8. The lowest BCUT2D eigenvalue weighted by Crippen LogP contribution is -2.03. The molecule has 20 heavy (non-hydrogen) atoms. The van der Waals surface area contributed by atoms with Crippen LogP contribution in [0.2, 0.25) is 0 Å². The van der Waals surface area contributed by atoms with Crippen LogP contribution in [-0.2, 0) is 17.6 Å². The molecule has 0 bridgehead atoms. The number of aromatic nitrogens is 2. The van der Waals surface area contributed by atoms with E-state index in [0.29, 0.717) is 18.7 Å². The summed E-state index contributed by atoms with van der Waals surface area (Å²) in [5.41, 5.74) is 4.52. The van der Waals surface area contributed by atoms with Gasteiger partial charge in [0.15, 0.2) is 0 Å². The molecule has 0 atom stereocenters. The molecule has 0 fully saturated rings. The zero-order chi connectivity index (χ0) is 14.1. The number of nitrogens with zero attached hydrogens (tertiary/aromatic N) is 2. The van der Waals surface area contributed by atoms with Crippen molar-refractivity contribution in [2.45, 2.75) is 19.8 Å². The largest absolute Gasteiger partial charge is 0.396 e. The van der Waals surface area contributed by atoms with Crippen LogP contribution < -0.4 is 5.32 Å². The van der Waals surface area contributed by atoms with Crippen molar-refractivity contribution >= 4 is 11.6 Å². The molecule has 0 saturated carbocycles. The molecule has 0 aliphatic carbocycles. The molecule has 2 aromatic rings. The number of benzene rings is 1. The number of anilines is 1. The van der Waals surface area contributed by atoms with Crippen molar-refractivity contribution in [2.24, 2.45) is 0 Å². The highest BCUT2D eigenvalue weighted by Crippen LogP contribution is 2.28. The molecule has 2 heterocycles. The number of nitrogens with one attached hydrogen (secondary N) is 1. The molecular formula is C15H15N3O2. The standard InChI is InChI=1S/C15H15N3O2/c1-9-6-13(17-14(16-9)4-5-19)10-2-3-12-11(7-10)8-15(20)18-12/h2-3,6-7,19H,4-5,8H2,1H3,(H,18,20). The van der Waals surface area contributed by atoms with Crippen LogP contribution in [0.1, 0.15) is 17.1 Å². The van der Waals surface area contributed by atoms with Gasteiger partial charge in [-0.1, -0.05) is 6.07 Å². The van der Waals surface area contributed by atoms with Gasteiger partial charge in [0, 0.05) is 23.4 Å². The average Bonchev–Trinajstić information content (AvgIpc) is 2.77. The van der Waals surface area contributed by atoms with E-state index >= 15 is 0 Å². The van der Waals surface area contributed by atoms with E-state index < -0.39 is 0 Å². The molecule has 2 N–H and O–H groups in total. The Kier molecular flexibility index (Phi) is 3.20. The van der Waals surface area contributed by atoms with Crippen LogP contribution in [0, 0.1) is 6.92 Å². The van der Waals surface area contributed by atoms with Crippen LogP contribution in [-0.4, -0.2) is 27.6 Å². The summed E-state index contributed by atoms with van der Waals surface area (Å²) in [6, 6.07) is 7.73. The number of aliphatic hydroxyl groups excluding tert-OH is 1. The van der Waals surface area contributed by atoms with E-state index in [0.717, 1.165) is 28.2 Å². The molecule has 1 aromatic carbocycles. The van der Waals surface area contributed by atoms with Gasteiger partial charge in [-0.25, -0.2) is 9.97 Å². The lowest BCUT2D eigenvalue weighted by molar-refractivity contribution is -0.115. The van der Waals surface area contributed by atoms with Crippen LogP contribution in [0.25, 0.3) is 11.3 Å². The first-order valence-corrected chi connectivity index (χ1v) is 6.54. The minimum Gasteiger partial charge on any atom is -0.396 e. The zero-order valence-electron chi connectivity index (χ0n) is 11.2. The Morgan fingerprint density at radius 1 is 1.30 bits per heavy atom. The van der Waals surface area contributed by atoms with Gasteiger partial charge in [-0.15, -0.1) is 0 Å². The predicted octanol–water partition coefficient (Wildman–Crippen LogP) is 1.48. The number of carbonyl (C=O) groups excluding carboxylic acids is 1. The van der Waals surface area contributed by atoms with Crippen LogP contribution in [0.15, 0.2) is 24.3 Å². The number of rotatable bonds is 3. The summed E-state index contributed by atoms with van der Waals surface area (Å²) in [7, 11) is 0. The third-order valence-corrected chi connectivity index (χ3v) is 3.26. The molecule has 1 aliphatic rings. The van der Waals surface area contributed by atoms with Gasteiger partial charge in [-0.3, -0.25) is 4.79 Å². The number of hydrogen-bond donors (Lipinski definition) is 2. The normalized spacial score (nSPS) is 13.2. The Hall–Kier alpha value is -2.27. The van der Waals surface area contributed by atoms with Crippen LogP contribution >= 0.6 is 0 Å². The molecule has 0 radical (unpaired) electrons. The second-order valence-corrected chi connectivity index (χ2v) is 4.88. The number of carbonyl (C=O) groups is 1. The fraction of sp³-hybridized carbons (Fsp3) is 0.267. The van der Waals surface area contributed by atoms with Gasteiger partial charge in [0.25, 0.3) is 0 Å². The number of amides is 1. The number of fused-ring (bicyclic) bond motifs is 1. The summed E-state index contributed by atoms with van der Waals surface area (Å²) in [5.74, 6) is 0.661. The average molecular weight is 269 g/mol. The molecule has 0 saturated heterocycles. The van der Waals surface area contributed by atoms with E-state index in [1.165, 1.54) is 0 Å².